The minimum Gasteiger partial charge on any atom is -0.336 e. The van der Waals surface area contributed by atoms with Crippen molar-refractivity contribution in [3.05, 3.63) is 66.0 Å². The van der Waals surface area contributed by atoms with Gasteiger partial charge in [-0.1, -0.05) is 36.4 Å². The van der Waals surface area contributed by atoms with Crippen molar-refractivity contribution in [3.63, 3.8) is 0 Å². The Balaban J connectivity index is 1.59. The fourth-order valence-electron chi connectivity index (χ4n) is 2.83. The van der Waals surface area contributed by atoms with E-state index in [0.717, 1.165) is 39.1 Å². The molecule has 1 aromatic heterocycles. The molecule has 4 nitrogen and oxygen atoms in total. The second kappa shape index (κ2) is 7.18. The van der Waals surface area contributed by atoms with Gasteiger partial charge in [-0.2, -0.15) is 0 Å². The molecule has 0 saturated carbocycles. The average molecular weight is 295 g/mol. The molecular formula is C18H21N3O. The molecule has 1 amide bonds. The Kier molecular flexibility index (Phi) is 4.81. The van der Waals surface area contributed by atoms with Gasteiger partial charge in [-0.25, -0.2) is 0 Å². The highest BCUT2D eigenvalue weighted by atomic mass is 16.2. The molecule has 0 unspecified atom stereocenters. The van der Waals surface area contributed by atoms with Crippen molar-refractivity contribution in [1.82, 2.24) is 14.8 Å². The first-order chi connectivity index (χ1) is 10.8. The van der Waals surface area contributed by atoms with E-state index in [2.05, 4.69) is 34.1 Å². The Morgan fingerprint density at radius 3 is 2.55 bits per heavy atom. The summed E-state index contributed by atoms with van der Waals surface area (Å²) in [6, 6.07) is 16.0. The van der Waals surface area contributed by atoms with E-state index in [1.54, 1.807) is 12.3 Å². The van der Waals surface area contributed by atoms with Crippen LogP contribution in [0.2, 0.25) is 0 Å². The summed E-state index contributed by atoms with van der Waals surface area (Å²) in [7, 11) is 0. The van der Waals surface area contributed by atoms with Crippen LogP contribution in [0.25, 0.3) is 0 Å². The molecular weight excluding hydrogens is 274 g/mol. The number of hydrogen-bond acceptors (Lipinski definition) is 3. The van der Waals surface area contributed by atoms with Crippen LogP contribution in [0.4, 0.5) is 0 Å². The summed E-state index contributed by atoms with van der Waals surface area (Å²) in [5.41, 5.74) is 1.87. The van der Waals surface area contributed by atoms with Crippen LogP contribution in [0, 0.1) is 0 Å². The SMILES string of the molecule is O=C(c1ccccn1)N1CCCN(Cc2ccccc2)CC1. The number of carbonyl (C=O) groups excluding carboxylic acids is 1. The van der Waals surface area contributed by atoms with E-state index in [-0.39, 0.29) is 5.91 Å². The largest absolute Gasteiger partial charge is 0.336 e. The van der Waals surface area contributed by atoms with Crippen LogP contribution in [-0.2, 0) is 6.54 Å². The highest BCUT2D eigenvalue weighted by molar-refractivity contribution is 5.92. The monoisotopic (exact) mass is 295 g/mol. The average Bonchev–Trinajstić information content (AvgIpc) is 2.82. The Morgan fingerprint density at radius 1 is 0.955 bits per heavy atom. The second-order valence-electron chi connectivity index (χ2n) is 5.62. The highest BCUT2D eigenvalue weighted by Gasteiger charge is 2.20. The molecule has 2 aromatic rings. The first kappa shape index (κ1) is 14.7. The Hall–Kier alpha value is -2.20. The number of amides is 1. The standard InChI is InChI=1S/C18H21N3O/c22-18(17-9-4-5-10-19-17)21-12-6-11-20(13-14-21)15-16-7-2-1-3-8-16/h1-5,7-10H,6,11-15H2. The lowest BCUT2D eigenvalue weighted by atomic mass is 10.2. The molecule has 1 aliphatic rings. The highest BCUT2D eigenvalue weighted by Crippen LogP contribution is 2.11. The second-order valence-corrected chi connectivity index (χ2v) is 5.62. The Morgan fingerprint density at radius 2 is 1.77 bits per heavy atom. The molecule has 0 atom stereocenters. The van der Waals surface area contributed by atoms with Crippen LogP contribution >= 0.6 is 0 Å². The molecule has 114 valence electrons. The van der Waals surface area contributed by atoms with Gasteiger partial charge in [0.25, 0.3) is 5.91 Å². The van der Waals surface area contributed by atoms with Crippen molar-refractivity contribution in [2.75, 3.05) is 26.2 Å². The quantitative estimate of drug-likeness (QED) is 0.872. The van der Waals surface area contributed by atoms with E-state index >= 15 is 0 Å². The van der Waals surface area contributed by atoms with Gasteiger partial charge in [0.15, 0.2) is 0 Å². The van der Waals surface area contributed by atoms with Gasteiger partial charge in [0.1, 0.15) is 5.69 Å². The van der Waals surface area contributed by atoms with Gasteiger partial charge in [0.2, 0.25) is 0 Å². The molecule has 22 heavy (non-hydrogen) atoms. The number of carbonyl (C=O) groups is 1. The van der Waals surface area contributed by atoms with Gasteiger partial charge in [-0.15, -0.1) is 0 Å². The lowest BCUT2D eigenvalue weighted by Gasteiger charge is -2.21. The molecule has 0 N–H and O–H groups in total. The zero-order valence-electron chi connectivity index (χ0n) is 12.7. The number of hydrogen-bond donors (Lipinski definition) is 0. The molecule has 1 aliphatic heterocycles. The Labute approximate surface area is 131 Å². The van der Waals surface area contributed by atoms with Crippen molar-refractivity contribution in [1.29, 1.82) is 0 Å². The summed E-state index contributed by atoms with van der Waals surface area (Å²) in [5, 5.41) is 0. The third-order valence-electron chi connectivity index (χ3n) is 4.01. The van der Waals surface area contributed by atoms with Crippen LogP contribution in [0.15, 0.2) is 54.7 Å². The molecule has 1 aromatic carbocycles. The number of benzene rings is 1. The summed E-state index contributed by atoms with van der Waals surface area (Å²) in [4.78, 5) is 21.0. The van der Waals surface area contributed by atoms with E-state index in [0.29, 0.717) is 5.69 Å². The summed E-state index contributed by atoms with van der Waals surface area (Å²) < 4.78 is 0. The topological polar surface area (TPSA) is 36.4 Å². The molecule has 0 spiro atoms. The van der Waals surface area contributed by atoms with Crippen LogP contribution in [0.5, 0.6) is 0 Å². The summed E-state index contributed by atoms with van der Waals surface area (Å²) >= 11 is 0. The van der Waals surface area contributed by atoms with Gasteiger partial charge >= 0.3 is 0 Å². The number of aromatic nitrogens is 1. The predicted molar refractivity (Wildman–Crippen MR) is 86.5 cm³/mol. The number of pyridine rings is 1. The molecule has 0 aliphatic carbocycles. The maximum atomic E-state index is 12.5. The minimum atomic E-state index is 0.0437. The molecule has 3 rings (SSSR count). The molecule has 1 saturated heterocycles. The van der Waals surface area contributed by atoms with Crippen molar-refractivity contribution >= 4 is 5.91 Å². The third kappa shape index (κ3) is 3.71. The van der Waals surface area contributed by atoms with Crippen LogP contribution in [0.1, 0.15) is 22.5 Å². The lowest BCUT2D eigenvalue weighted by molar-refractivity contribution is 0.0755. The molecule has 2 heterocycles. The van der Waals surface area contributed by atoms with Crippen molar-refractivity contribution in [3.8, 4) is 0 Å². The van der Waals surface area contributed by atoms with Crippen molar-refractivity contribution < 1.29 is 4.79 Å². The van der Waals surface area contributed by atoms with Gasteiger partial charge < -0.3 is 4.90 Å². The van der Waals surface area contributed by atoms with Crippen molar-refractivity contribution in [2.45, 2.75) is 13.0 Å². The van der Waals surface area contributed by atoms with Crippen LogP contribution < -0.4 is 0 Å². The van der Waals surface area contributed by atoms with Crippen LogP contribution in [-0.4, -0.2) is 46.9 Å². The summed E-state index contributed by atoms with van der Waals surface area (Å²) in [6.07, 6.45) is 2.68. The normalized spacial score (nSPS) is 16.3. The fourth-order valence-corrected chi connectivity index (χ4v) is 2.83. The molecule has 0 bridgehead atoms. The molecule has 4 heteroatoms. The van der Waals surface area contributed by atoms with Gasteiger partial charge in [-0.05, 0) is 24.1 Å². The molecule has 0 radical (unpaired) electrons. The first-order valence-electron chi connectivity index (χ1n) is 7.79. The third-order valence-corrected chi connectivity index (χ3v) is 4.01. The van der Waals surface area contributed by atoms with E-state index in [9.17, 15) is 4.79 Å². The van der Waals surface area contributed by atoms with Crippen molar-refractivity contribution in [2.24, 2.45) is 0 Å². The maximum absolute atomic E-state index is 12.5. The van der Waals surface area contributed by atoms with E-state index in [1.807, 2.05) is 23.1 Å². The Bertz CT molecular complexity index is 600. The van der Waals surface area contributed by atoms with Gasteiger partial charge in [0.05, 0.1) is 0 Å². The zero-order valence-corrected chi connectivity index (χ0v) is 12.7. The van der Waals surface area contributed by atoms with Crippen LogP contribution in [0.3, 0.4) is 0 Å². The fraction of sp³-hybridized carbons (Fsp3) is 0.333. The minimum absolute atomic E-state index is 0.0437. The first-order valence-corrected chi connectivity index (χ1v) is 7.79. The van der Waals surface area contributed by atoms with Gasteiger partial charge in [0, 0.05) is 38.9 Å². The summed E-state index contributed by atoms with van der Waals surface area (Å²) in [6.45, 7) is 4.46. The smallest absolute Gasteiger partial charge is 0.272 e. The summed E-state index contributed by atoms with van der Waals surface area (Å²) in [5.74, 6) is 0.0437. The maximum Gasteiger partial charge on any atom is 0.272 e. The van der Waals surface area contributed by atoms with Gasteiger partial charge in [-0.3, -0.25) is 14.7 Å². The lowest BCUT2D eigenvalue weighted by Crippen LogP contribution is -2.35. The van der Waals surface area contributed by atoms with E-state index < -0.39 is 0 Å². The zero-order chi connectivity index (χ0) is 15.2. The molecule has 1 fully saturated rings. The predicted octanol–water partition coefficient (Wildman–Crippen LogP) is 2.43. The number of rotatable bonds is 3. The van der Waals surface area contributed by atoms with E-state index in [4.69, 9.17) is 0 Å². The number of nitrogens with zero attached hydrogens (tertiary/aromatic N) is 3. The van der Waals surface area contributed by atoms with E-state index in [1.165, 1.54) is 5.56 Å².